The van der Waals surface area contributed by atoms with E-state index in [2.05, 4.69) is 27.6 Å². The fourth-order valence-corrected chi connectivity index (χ4v) is 4.47. The molecule has 5 heteroatoms. The summed E-state index contributed by atoms with van der Waals surface area (Å²) in [6.07, 6.45) is 5.41. The van der Waals surface area contributed by atoms with E-state index in [-0.39, 0.29) is 6.04 Å². The van der Waals surface area contributed by atoms with Crippen molar-refractivity contribution < 1.29 is 8.42 Å². The predicted octanol–water partition coefficient (Wildman–Crippen LogP) is 3.83. The maximum Gasteiger partial charge on any atom is 0.240 e. The van der Waals surface area contributed by atoms with Gasteiger partial charge in [-0.05, 0) is 36.5 Å². The fourth-order valence-electron chi connectivity index (χ4n) is 2.81. The van der Waals surface area contributed by atoms with Crippen LogP contribution in [-0.4, -0.2) is 14.5 Å². The number of hydrogen-bond donors (Lipinski definition) is 1. The monoisotopic (exact) mass is 359 g/mol. The summed E-state index contributed by atoms with van der Waals surface area (Å²) in [7, 11) is -3.38. The van der Waals surface area contributed by atoms with Crippen molar-refractivity contribution >= 4 is 26.0 Å². The summed E-state index contributed by atoms with van der Waals surface area (Å²) in [5.41, 5.74) is 1.08. The molecule has 1 aromatic rings. The second kappa shape index (κ2) is 7.05. The van der Waals surface area contributed by atoms with Crippen LogP contribution in [0, 0.1) is 5.92 Å². The number of benzene rings is 1. The summed E-state index contributed by atoms with van der Waals surface area (Å²) in [6, 6.07) is 7.14. The summed E-state index contributed by atoms with van der Waals surface area (Å²) in [4.78, 5) is 0.362. The Morgan fingerprint density at radius 1 is 1.25 bits per heavy atom. The highest BCUT2D eigenvalue weighted by Gasteiger charge is 2.25. The molecule has 0 bridgehead atoms. The second-order valence-electron chi connectivity index (χ2n) is 5.54. The molecule has 1 N–H and O–H groups in total. The molecule has 2 unspecified atom stereocenters. The maximum atomic E-state index is 12.4. The van der Waals surface area contributed by atoms with Gasteiger partial charge in [-0.1, -0.05) is 54.2 Å². The first-order valence-electron chi connectivity index (χ1n) is 7.22. The van der Waals surface area contributed by atoms with Crippen LogP contribution in [0.4, 0.5) is 0 Å². The standard InChI is InChI=1S/C15H22BrNO2S/c1-2-12-4-3-5-14(10-12)17-20(18,19)15-8-6-13(11-16)7-9-15/h6-9,12,14,17H,2-5,10-11H2,1H3. The zero-order chi connectivity index (χ0) is 14.6. The van der Waals surface area contributed by atoms with E-state index in [0.29, 0.717) is 10.8 Å². The minimum absolute atomic E-state index is 0.0922. The first kappa shape index (κ1) is 16.0. The van der Waals surface area contributed by atoms with Crippen LogP contribution in [0.5, 0.6) is 0 Å². The lowest BCUT2D eigenvalue weighted by Crippen LogP contribution is -2.38. The fraction of sp³-hybridized carbons (Fsp3) is 0.600. The molecule has 1 saturated carbocycles. The third kappa shape index (κ3) is 4.06. The highest BCUT2D eigenvalue weighted by molar-refractivity contribution is 9.08. The van der Waals surface area contributed by atoms with Crippen molar-refractivity contribution in [2.75, 3.05) is 0 Å². The summed E-state index contributed by atoms with van der Waals surface area (Å²) in [5, 5.41) is 0.738. The number of sulfonamides is 1. The average Bonchev–Trinajstić information content (AvgIpc) is 2.47. The third-order valence-corrected chi connectivity index (χ3v) is 6.25. The molecule has 0 spiro atoms. The summed E-state index contributed by atoms with van der Waals surface area (Å²) >= 11 is 3.36. The van der Waals surface area contributed by atoms with Crippen LogP contribution < -0.4 is 4.72 Å². The molecule has 0 aromatic heterocycles. The molecule has 2 rings (SSSR count). The third-order valence-electron chi connectivity index (χ3n) is 4.07. The van der Waals surface area contributed by atoms with Crippen molar-refractivity contribution in [2.24, 2.45) is 5.92 Å². The van der Waals surface area contributed by atoms with Crippen LogP contribution >= 0.6 is 15.9 Å². The molecule has 0 heterocycles. The van der Waals surface area contributed by atoms with Crippen LogP contribution in [0.3, 0.4) is 0 Å². The number of hydrogen-bond acceptors (Lipinski definition) is 2. The lowest BCUT2D eigenvalue weighted by Gasteiger charge is -2.28. The second-order valence-corrected chi connectivity index (χ2v) is 7.81. The van der Waals surface area contributed by atoms with Crippen LogP contribution in [0.2, 0.25) is 0 Å². The van der Waals surface area contributed by atoms with Gasteiger partial charge in [0.05, 0.1) is 4.90 Å². The maximum absolute atomic E-state index is 12.4. The summed E-state index contributed by atoms with van der Waals surface area (Å²) < 4.78 is 27.6. The highest BCUT2D eigenvalue weighted by atomic mass is 79.9. The Labute approximate surface area is 130 Å². The Bertz CT molecular complexity index is 527. The van der Waals surface area contributed by atoms with Gasteiger partial charge in [0, 0.05) is 11.4 Å². The number of halogens is 1. The van der Waals surface area contributed by atoms with Gasteiger partial charge < -0.3 is 0 Å². The molecule has 1 fully saturated rings. The van der Waals surface area contributed by atoms with E-state index < -0.39 is 10.0 Å². The number of nitrogens with one attached hydrogen (secondary N) is 1. The number of rotatable bonds is 5. The van der Waals surface area contributed by atoms with E-state index >= 15 is 0 Å². The Kier molecular flexibility index (Phi) is 5.64. The zero-order valence-electron chi connectivity index (χ0n) is 11.8. The number of alkyl halides is 1. The average molecular weight is 360 g/mol. The van der Waals surface area contributed by atoms with Gasteiger partial charge >= 0.3 is 0 Å². The van der Waals surface area contributed by atoms with Gasteiger partial charge in [0.1, 0.15) is 0 Å². The topological polar surface area (TPSA) is 46.2 Å². The molecular weight excluding hydrogens is 338 g/mol. The van der Waals surface area contributed by atoms with E-state index in [0.717, 1.165) is 36.6 Å². The Morgan fingerprint density at radius 2 is 1.95 bits per heavy atom. The quantitative estimate of drug-likeness (QED) is 0.812. The van der Waals surface area contributed by atoms with Crippen LogP contribution in [-0.2, 0) is 15.4 Å². The van der Waals surface area contributed by atoms with Crippen molar-refractivity contribution in [1.82, 2.24) is 4.72 Å². The van der Waals surface area contributed by atoms with Gasteiger partial charge in [-0.25, -0.2) is 13.1 Å². The molecule has 0 radical (unpaired) electrons. The van der Waals surface area contributed by atoms with E-state index in [4.69, 9.17) is 0 Å². The van der Waals surface area contributed by atoms with Crippen molar-refractivity contribution in [2.45, 2.75) is 55.3 Å². The molecular formula is C15H22BrNO2S. The van der Waals surface area contributed by atoms with E-state index in [1.165, 1.54) is 6.42 Å². The lowest BCUT2D eigenvalue weighted by atomic mass is 9.85. The van der Waals surface area contributed by atoms with Crippen molar-refractivity contribution in [3.63, 3.8) is 0 Å². The minimum atomic E-state index is -3.38. The first-order chi connectivity index (χ1) is 9.55. The first-order valence-corrected chi connectivity index (χ1v) is 9.83. The van der Waals surface area contributed by atoms with Crippen molar-refractivity contribution in [3.8, 4) is 0 Å². The van der Waals surface area contributed by atoms with Crippen LogP contribution in [0.1, 0.15) is 44.6 Å². The molecule has 1 aliphatic rings. The molecule has 0 aliphatic heterocycles. The van der Waals surface area contributed by atoms with E-state index in [1.807, 2.05) is 12.1 Å². The molecule has 20 heavy (non-hydrogen) atoms. The van der Waals surface area contributed by atoms with Gasteiger partial charge in [-0.3, -0.25) is 0 Å². The molecule has 0 amide bonds. The van der Waals surface area contributed by atoms with Crippen LogP contribution in [0.15, 0.2) is 29.2 Å². The Balaban J connectivity index is 2.06. The smallest absolute Gasteiger partial charge is 0.208 e. The summed E-state index contributed by atoms with van der Waals surface area (Å²) in [5.74, 6) is 0.659. The van der Waals surface area contributed by atoms with Crippen molar-refractivity contribution in [3.05, 3.63) is 29.8 Å². The Hall–Kier alpha value is -0.390. The minimum Gasteiger partial charge on any atom is -0.208 e. The predicted molar refractivity (Wildman–Crippen MR) is 85.4 cm³/mol. The molecule has 1 aliphatic carbocycles. The Morgan fingerprint density at radius 3 is 2.55 bits per heavy atom. The normalized spacial score (nSPS) is 23.7. The van der Waals surface area contributed by atoms with Gasteiger partial charge in [-0.2, -0.15) is 0 Å². The largest absolute Gasteiger partial charge is 0.240 e. The molecule has 1 aromatic carbocycles. The molecule has 0 saturated heterocycles. The highest BCUT2D eigenvalue weighted by Crippen LogP contribution is 2.27. The van der Waals surface area contributed by atoms with Crippen LogP contribution in [0.25, 0.3) is 0 Å². The summed E-state index contributed by atoms with van der Waals surface area (Å²) in [6.45, 7) is 2.18. The SMILES string of the molecule is CCC1CCCC(NS(=O)(=O)c2ccc(CBr)cc2)C1. The van der Waals surface area contributed by atoms with Gasteiger partial charge in [-0.15, -0.1) is 0 Å². The molecule has 2 atom stereocenters. The van der Waals surface area contributed by atoms with Crippen molar-refractivity contribution in [1.29, 1.82) is 0 Å². The molecule has 112 valence electrons. The van der Waals surface area contributed by atoms with Gasteiger partial charge in [0.15, 0.2) is 0 Å². The van der Waals surface area contributed by atoms with Gasteiger partial charge in [0.25, 0.3) is 0 Å². The lowest BCUT2D eigenvalue weighted by molar-refractivity contribution is 0.301. The van der Waals surface area contributed by atoms with E-state index in [1.54, 1.807) is 12.1 Å². The van der Waals surface area contributed by atoms with Gasteiger partial charge in [0.2, 0.25) is 10.0 Å². The zero-order valence-corrected chi connectivity index (χ0v) is 14.2. The van der Waals surface area contributed by atoms with E-state index in [9.17, 15) is 8.42 Å². The molecule has 3 nitrogen and oxygen atoms in total.